The molecule has 0 aliphatic rings. The van der Waals surface area contributed by atoms with Crippen molar-refractivity contribution in [2.45, 2.75) is 25.7 Å². The van der Waals surface area contributed by atoms with Crippen molar-refractivity contribution in [2.75, 3.05) is 0 Å². The Morgan fingerprint density at radius 3 is 2.62 bits per heavy atom. The third-order valence-corrected chi connectivity index (χ3v) is 5.11. The number of hydrogen-bond acceptors (Lipinski definition) is 5. The highest BCUT2D eigenvalue weighted by atomic mass is 19.4. The van der Waals surface area contributed by atoms with Gasteiger partial charge in [-0.2, -0.15) is 17.6 Å². The molecule has 0 aliphatic carbocycles. The molecule has 0 atom stereocenters. The lowest BCUT2D eigenvalue weighted by Crippen LogP contribution is -2.09. The molecule has 4 aromatic rings. The molecule has 6 nitrogen and oxygen atoms in total. The number of fused-ring (bicyclic) bond motifs is 1. The lowest BCUT2D eigenvalue weighted by atomic mass is 10.0. The minimum atomic E-state index is -4.62. The molecule has 4 rings (SSSR count). The van der Waals surface area contributed by atoms with E-state index in [9.17, 15) is 22.4 Å². The van der Waals surface area contributed by atoms with Gasteiger partial charge in [-0.3, -0.25) is 9.78 Å². The number of aromatic nitrogens is 1. The Morgan fingerprint density at radius 1 is 1.12 bits per heavy atom. The number of carboxylic acids is 1. The van der Waals surface area contributed by atoms with Gasteiger partial charge in [-0.05, 0) is 47.5 Å². The summed E-state index contributed by atoms with van der Waals surface area (Å²) >= 11 is 0. The lowest BCUT2D eigenvalue weighted by Gasteiger charge is -2.15. The number of carbonyl (C=O) groups is 1. The minimum absolute atomic E-state index is 0.0953. The molecule has 0 bridgehead atoms. The van der Waals surface area contributed by atoms with Gasteiger partial charge in [0, 0.05) is 35.3 Å². The smallest absolute Gasteiger partial charge is 0.416 e. The summed E-state index contributed by atoms with van der Waals surface area (Å²) in [5, 5.41) is 9.52. The van der Waals surface area contributed by atoms with Gasteiger partial charge >= 0.3 is 12.1 Å². The van der Waals surface area contributed by atoms with E-state index < -0.39 is 30.1 Å². The minimum Gasteiger partial charge on any atom is -0.489 e. The van der Waals surface area contributed by atoms with Crippen LogP contribution in [0.3, 0.4) is 0 Å². The van der Waals surface area contributed by atoms with E-state index in [-0.39, 0.29) is 30.0 Å². The first-order chi connectivity index (χ1) is 16.1. The molecular weight excluding hydrogens is 456 g/mol. The third kappa shape index (κ3) is 5.01. The average Bonchev–Trinajstić information content (AvgIpc) is 3.16. The Balaban J connectivity index is 1.72. The van der Waals surface area contributed by atoms with E-state index in [1.165, 1.54) is 6.07 Å². The van der Waals surface area contributed by atoms with Gasteiger partial charge in [-0.15, -0.1) is 0 Å². The van der Waals surface area contributed by atoms with Crippen LogP contribution < -0.4 is 10.5 Å². The molecule has 2 aromatic carbocycles. The number of pyridine rings is 1. The summed E-state index contributed by atoms with van der Waals surface area (Å²) in [6.07, 6.45) is -3.58. The van der Waals surface area contributed by atoms with Crippen LogP contribution in [-0.4, -0.2) is 16.1 Å². The van der Waals surface area contributed by atoms with Gasteiger partial charge in [0.05, 0.1) is 17.7 Å². The maximum atomic E-state index is 13.9. The monoisotopic (exact) mass is 474 g/mol. The van der Waals surface area contributed by atoms with Gasteiger partial charge in [0.1, 0.15) is 17.9 Å². The molecule has 0 fully saturated rings. The van der Waals surface area contributed by atoms with Crippen LogP contribution in [0.1, 0.15) is 22.4 Å². The Hall–Kier alpha value is -3.92. The van der Waals surface area contributed by atoms with Gasteiger partial charge < -0.3 is 20.0 Å². The van der Waals surface area contributed by atoms with Crippen LogP contribution in [0.15, 0.2) is 59.1 Å². The van der Waals surface area contributed by atoms with E-state index in [0.717, 1.165) is 18.2 Å². The van der Waals surface area contributed by atoms with Crippen molar-refractivity contribution < 1.29 is 36.6 Å². The Kier molecular flexibility index (Phi) is 6.25. The van der Waals surface area contributed by atoms with E-state index in [1.807, 2.05) is 0 Å². The van der Waals surface area contributed by atoms with Gasteiger partial charge in [0.25, 0.3) is 6.01 Å². The Labute approximate surface area is 190 Å². The van der Waals surface area contributed by atoms with Gasteiger partial charge in [-0.1, -0.05) is 6.07 Å². The Morgan fingerprint density at radius 2 is 1.91 bits per heavy atom. The molecule has 2 heterocycles. The van der Waals surface area contributed by atoms with Crippen LogP contribution in [0.5, 0.6) is 5.75 Å². The van der Waals surface area contributed by atoms with Crippen LogP contribution in [0.2, 0.25) is 0 Å². The SMILES string of the molecule is NCc1cc(-c2cc(COc3cc(C(F)(F)F)ccc3CC(=O)O)cc3cc(F)oc23)ccn1. The molecule has 0 saturated heterocycles. The summed E-state index contributed by atoms with van der Waals surface area (Å²) in [6, 6.07) is 9.70. The van der Waals surface area contributed by atoms with E-state index in [1.54, 1.807) is 30.5 Å². The predicted octanol–water partition coefficient (Wildman–Crippen LogP) is 5.32. The van der Waals surface area contributed by atoms with Crippen molar-refractivity contribution in [2.24, 2.45) is 5.73 Å². The number of alkyl halides is 3. The van der Waals surface area contributed by atoms with E-state index in [4.69, 9.17) is 20.0 Å². The highest BCUT2D eigenvalue weighted by molar-refractivity contribution is 5.93. The van der Waals surface area contributed by atoms with Gasteiger partial charge in [0.2, 0.25) is 0 Å². The average molecular weight is 474 g/mol. The second-order valence-corrected chi connectivity index (χ2v) is 7.53. The van der Waals surface area contributed by atoms with Gasteiger partial charge in [-0.25, -0.2) is 0 Å². The number of halogens is 4. The normalized spacial score (nSPS) is 11.7. The molecule has 0 aliphatic heterocycles. The topological polar surface area (TPSA) is 98.6 Å². The molecule has 0 unspecified atom stereocenters. The van der Waals surface area contributed by atoms with E-state index in [0.29, 0.717) is 27.8 Å². The Bertz CT molecular complexity index is 1370. The van der Waals surface area contributed by atoms with Crippen LogP contribution in [0.25, 0.3) is 22.1 Å². The van der Waals surface area contributed by atoms with Crippen LogP contribution in [0.4, 0.5) is 17.6 Å². The maximum absolute atomic E-state index is 13.9. The second kappa shape index (κ2) is 9.14. The first-order valence-corrected chi connectivity index (χ1v) is 10.1. The molecule has 10 heteroatoms. The third-order valence-electron chi connectivity index (χ3n) is 5.11. The number of furan rings is 1. The van der Waals surface area contributed by atoms with Crippen molar-refractivity contribution in [3.63, 3.8) is 0 Å². The van der Waals surface area contributed by atoms with E-state index in [2.05, 4.69) is 4.98 Å². The highest BCUT2D eigenvalue weighted by Crippen LogP contribution is 2.35. The van der Waals surface area contributed by atoms with E-state index >= 15 is 0 Å². The summed E-state index contributed by atoms with van der Waals surface area (Å²) in [6.45, 7) is -0.00724. The quantitative estimate of drug-likeness (QED) is 0.352. The summed E-state index contributed by atoms with van der Waals surface area (Å²) in [7, 11) is 0. The first-order valence-electron chi connectivity index (χ1n) is 10.1. The fraction of sp³-hybridized carbons (Fsp3) is 0.167. The lowest BCUT2D eigenvalue weighted by molar-refractivity contribution is -0.137. The molecule has 2 aromatic heterocycles. The zero-order valence-corrected chi connectivity index (χ0v) is 17.5. The molecule has 0 saturated carbocycles. The fourth-order valence-corrected chi connectivity index (χ4v) is 3.57. The number of aliphatic carboxylic acids is 1. The molecule has 176 valence electrons. The molecule has 0 radical (unpaired) electrons. The summed E-state index contributed by atoms with van der Waals surface area (Å²) in [4.78, 5) is 15.3. The molecule has 34 heavy (non-hydrogen) atoms. The van der Waals surface area contributed by atoms with Crippen molar-refractivity contribution in [3.05, 3.63) is 83.1 Å². The van der Waals surface area contributed by atoms with Crippen molar-refractivity contribution >= 4 is 16.9 Å². The summed E-state index contributed by atoms with van der Waals surface area (Å²) in [5.74, 6) is -1.41. The summed E-state index contributed by atoms with van der Waals surface area (Å²) < 4.78 is 64.2. The molecule has 0 amide bonds. The number of nitrogens with two attached hydrogens (primary N) is 1. The van der Waals surface area contributed by atoms with Crippen LogP contribution >= 0.6 is 0 Å². The molecule has 3 N–H and O–H groups in total. The van der Waals surface area contributed by atoms with Crippen molar-refractivity contribution in [3.8, 4) is 16.9 Å². The number of ether oxygens (including phenoxy) is 1. The second-order valence-electron chi connectivity index (χ2n) is 7.53. The van der Waals surface area contributed by atoms with Crippen molar-refractivity contribution in [1.82, 2.24) is 4.98 Å². The largest absolute Gasteiger partial charge is 0.489 e. The first kappa shape index (κ1) is 23.2. The number of carboxylic acid groups (broad SMARTS) is 1. The maximum Gasteiger partial charge on any atom is 0.416 e. The zero-order chi connectivity index (χ0) is 24.5. The zero-order valence-electron chi connectivity index (χ0n) is 17.5. The molecular formula is C24H18F4N2O4. The number of benzene rings is 2. The summed E-state index contributed by atoms with van der Waals surface area (Å²) in [5.41, 5.74) is 7.35. The van der Waals surface area contributed by atoms with Crippen molar-refractivity contribution in [1.29, 1.82) is 0 Å². The fourth-order valence-electron chi connectivity index (χ4n) is 3.57. The van der Waals surface area contributed by atoms with Crippen LogP contribution in [0, 0.1) is 6.01 Å². The van der Waals surface area contributed by atoms with Gasteiger partial charge in [0.15, 0.2) is 0 Å². The van der Waals surface area contributed by atoms with Crippen LogP contribution in [-0.2, 0) is 30.5 Å². The molecule has 0 spiro atoms. The number of rotatable bonds is 7. The standard InChI is InChI=1S/C24H18F4N2O4/c25-21-8-16-5-13(6-19(23(16)34-21)14-3-4-30-18(7-14)11-29)12-33-20-10-17(24(26,27)28)2-1-15(20)9-22(31)32/h1-8,10H,9,11-12,29H2,(H,31,32). The predicted molar refractivity (Wildman–Crippen MR) is 114 cm³/mol. The highest BCUT2D eigenvalue weighted by Gasteiger charge is 2.31. The number of hydrogen-bond donors (Lipinski definition) is 2. The number of nitrogens with zero attached hydrogens (tertiary/aromatic N) is 1.